The minimum atomic E-state index is -0.355. The van der Waals surface area contributed by atoms with Gasteiger partial charge in [0, 0.05) is 12.6 Å². The fourth-order valence-electron chi connectivity index (χ4n) is 3.74. The zero-order chi connectivity index (χ0) is 16.1. The highest BCUT2D eigenvalue weighted by molar-refractivity contribution is 5.88. The van der Waals surface area contributed by atoms with Crippen molar-refractivity contribution in [2.24, 2.45) is 5.92 Å². The van der Waals surface area contributed by atoms with E-state index in [2.05, 4.69) is 15.1 Å². The van der Waals surface area contributed by atoms with Gasteiger partial charge in [-0.15, -0.1) is 0 Å². The third kappa shape index (κ3) is 4.78. The van der Waals surface area contributed by atoms with Gasteiger partial charge in [0.2, 0.25) is 5.91 Å². The van der Waals surface area contributed by atoms with Gasteiger partial charge in [-0.25, -0.2) is 0 Å². The molecule has 126 valence electrons. The van der Waals surface area contributed by atoms with Crippen molar-refractivity contribution < 1.29 is 9.59 Å². The van der Waals surface area contributed by atoms with Gasteiger partial charge >= 0.3 is 0 Å². The lowest BCUT2D eigenvalue weighted by atomic mass is 10.0. The molecule has 1 N–H and O–H groups in total. The molecule has 0 saturated carbocycles. The molecule has 2 unspecified atom stereocenters. The zero-order valence-electron chi connectivity index (χ0n) is 14.3. The van der Waals surface area contributed by atoms with Crippen LogP contribution in [0.5, 0.6) is 0 Å². The Balaban J connectivity index is 1.81. The lowest BCUT2D eigenvalue weighted by Crippen LogP contribution is -2.52. The molecule has 0 aromatic carbocycles. The first-order valence-corrected chi connectivity index (χ1v) is 8.73. The molecule has 1 amide bonds. The first kappa shape index (κ1) is 17.4. The number of Topliss-reactive ketones (excluding diaryl/α,β-unsaturated/α-hetero) is 1. The molecule has 0 aliphatic carbocycles. The molecule has 5 nitrogen and oxygen atoms in total. The first-order chi connectivity index (χ1) is 10.5. The van der Waals surface area contributed by atoms with Crippen LogP contribution in [0.1, 0.15) is 46.5 Å². The van der Waals surface area contributed by atoms with E-state index in [1.807, 2.05) is 13.8 Å². The molecule has 2 saturated heterocycles. The SMILES string of the molecule is CC(=O)C(NC(=O)CN1CCCC(N2CCCC2)C1)C(C)C. The van der Waals surface area contributed by atoms with E-state index in [1.54, 1.807) is 6.92 Å². The molecule has 0 aromatic heterocycles. The minimum absolute atomic E-state index is 0.0176. The Morgan fingerprint density at radius 3 is 2.41 bits per heavy atom. The summed E-state index contributed by atoms with van der Waals surface area (Å²) >= 11 is 0. The number of amides is 1. The predicted octanol–water partition coefficient (Wildman–Crippen LogP) is 1.28. The van der Waals surface area contributed by atoms with Gasteiger partial charge in [-0.3, -0.25) is 19.4 Å². The van der Waals surface area contributed by atoms with Gasteiger partial charge in [-0.2, -0.15) is 0 Å². The van der Waals surface area contributed by atoms with Crippen molar-refractivity contribution in [3.63, 3.8) is 0 Å². The van der Waals surface area contributed by atoms with Crippen LogP contribution >= 0.6 is 0 Å². The van der Waals surface area contributed by atoms with Crippen molar-refractivity contribution in [2.45, 2.75) is 58.5 Å². The summed E-state index contributed by atoms with van der Waals surface area (Å²) in [4.78, 5) is 28.7. The van der Waals surface area contributed by atoms with Gasteiger partial charge in [0.25, 0.3) is 0 Å². The number of hydrogen-bond acceptors (Lipinski definition) is 4. The van der Waals surface area contributed by atoms with Gasteiger partial charge in [-0.1, -0.05) is 13.8 Å². The molecule has 5 heteroatoms. The van der Waals surface area contributed by atoms with Crippen molar-refractivity contribution in [1.29, 1.82) is 0 Å². The predicted molar refractivity (Wildman–Crippen MR) is 87.7 cm³/mol. The summed E-state index contributed by atoms with van der Waals surface area (Å²) in [5.74, 6) is 0.160. The van der Waals surface area contributed by atoms with Crippen LogP contribution in [0.25, 0.3) is 0 Å². The summed E-state index contributed by atoms with van der Waals surface area (Å²) < 4.78 is 0. The van der Waals surface area contributed by atoms with Crippen molar-refractivity contribution in [3.05, 3.63) is 0 Å². The Morgan fingerprint density at radius 2 is 1.82 bits per heavy atom. The maximum Gasteiger partial charge on any atom is 0.234 e. The fraction of sp³-hybridized carbons (Fsp3) is 0.882. The summed E-state index contributed by atoms with van der Waals surface area (Å²) in [5, 5.41) is 2.90. The topological polar surface area (TPSA) is 52.7 Å². The number of nitrogens with zero attached hydrogens (tertiary/aromatic N) is 2. The fourth-order valence-corrected chi connectivity index (χ4v) is 3.74. The molecule has 22 heavy (non-hydrogen) atoms. The highest BCUT2D eigenvalue weighted by Crippen LogP contribution is 2.20. The standard InChI is InChI=1S/C17H31N3O2/c1-13(2)17(14(3)21)18-16(22)12-19-8-6-7-15(11-19)20-9-4-5-10-20/h13,15,17H,4-12H2,1-3H3,(H,18,22). The maximum absolute atomic E-state index is 12.2. The number of likely N-dealkylation sites (tertiary alicyclic amines) is 2. The lowest BCUT2D eigenvalue weighted by Gasteiger charge is -2.37. The summed E-state index contributed by atoms with van der Waals surface area (Å²) in [6.45, 7) is 10.3. The number of nitrogens with one attached hydrogen (secondary N) is 1. The van der Waals surface area contributed by atoms with E-state index in [-0.39, 0.29) is 23.7 Å². The number of ketones is 1. The van der Waals surface area contributed by atoms with Crippen LogP contribution in [0, 0.1) is 5.92 Å². The van der Waals surface area contributed by atoms with Crippen LogP contribution in [-0.2, 0) is 9.59 Å². The molecule has 0 aromatic rings. The van der Waals surface area contributed by atoms with Crippen LogP contribution < -0.4 is 5.32 Å². The smallest absolute Gasteiger partial charge is 0.234 e. The van der Waals surface area contributed by atoms with E-state index in [9.17, 15) is 9.59 Å². The summed E-state index contributed by atoms with van der Waals surface area (Å²) in [7, 11) is 0. The second-order valence-corrected chi connectivity index (χ2v) is 7.17. The largest absolute Gasteiger partial charge is 0.345 e. The minimum Gasteiger partial charge on any atom is -0.345 e. The molecule has 0 spiro atoms. The highest BCUT2D eigenvalue weighted by atomic mass is 16.2. The average Bonchev–Trinajstić information content (AvgIpc) is 2.98. The van der Waals surface area contributed by atoms with E-state index in [0.717, 1.165) is 19.5 Å². The van der Waals surface area contributed by atoms with Crippen molar-refractivity contribution in [2.75, 3.05) is 32.7 Å². The zero-order valence-corrected chi connectivity index (χ0v) is 14.3. The highest BCUT2D eigenvalue weighted by Gasteiger charge is 2.28. The average molecular weight is 309 g/mol. The number of rotatable bonds is 6. The monoisotopic (exact) mass is 309 g/mol. The van der Waals surface area contributed by atoms with E-state index in [1.165, 1.54) is 32.4 Å². The summed E-state index contributed by atoms with van der Waals surface area (Å²) in [6.07, 6.45) is 5.03. The Morgan fingerprint density at radius 1 is 1.14 bits per heavy atom. The molecule has 2 atom stereocenters. The van der Waals surface area contributed by atoms with Crippen molar-refractivity contribution in [3.8, 4) is 0 Å². The number of carbonyl (C=O) groups excluding carboxylic acids is 2. The van der Waals surface area contributed by atoms with Crippen molar-refractivity contribution in [1.82, 2.24) is 15.1 Å². The van der Waals surface area contributed by atoms with Crippen LogP contribution in [0.4, 0.5) is 0 Å². The number of carbonyl (C=O) groups is 2. The molecule has 0 radical (unpaired) electrons. The van der Waals surface area contributed by atoms with Gasteiger partial charge in [0.1, 0.15) is 0 Å². The Hall–Kier alpha value is -0.940. The van der Waals surface area contributed by atoms with Gasteiger partial charge in [-0.05, 0) is 58.2 Å². The van der Waals surface area contributed by atoms with E-state index >= 15 is 0 Å². The Kier molecular flexibility index (Phi) is 6.38. The summed E-state index contributed by atoms with van der Waals surface area (Å²) in [5.41, 5.74) is 0. The molecule has 0 bridgehead atoms. The lowest BCUT2D eigenvalue weighted by molar-refractivity contribution is -0.128. The van der Waals surface area contributed by atoms with Crippen LogP contribution in [0.15, 0.2) is 0 Å². The Bertz CT molecular complexity index is 391. The number of piperidine rings is 1. The molecule has 2 heterocycles. The van der Waals surface area contributed by atoms with E-state index in [0.29, 0.717) is 12.6 Å². The molecular weight excluding hydrogens is 278 g/mol. The molecule has 2 rings (SSSR count). The molecule has 2 aliphatic rings. The number of hydrogen-bond donors (Lipinski definition) is 1. The molecular formula is C17H31N3O2. The van der Waals surface area contributed by atoms with Gasteiger partial charge in [0.05, 0.1) is 12.6 Å². The van der Waals surface area contributed by atoms with E-state index in [4.69, 9.17) is 0 Å². The van der Waals surface area contributed by atoms with E-state index < -0.39 is 0 Å². The molecule has 2 fully saturated rings. The van der Waals surface area contributed by atoms with Crippen LogP contribution in [-0.4, -0.2) is 66.3 Å². The first-order valence-electron chi connectivity index (χ1n) is 8.73. The second kappa shape index (κ2) is 8.06. The van der Waals surface area contributed by atoms with Gasteiger partial charge in [0.15, 0.2) is 5.78 Å². The third-order valence-electron chi connectivity index (χ3n) is 4.93. The van der Waals surface area contributed by atoms with Crippen LogP contribution in [0.3, 0.4) is 0 Å². The van der Waals surface area contributed by atoms with Crippen LogP contribution in [0.2, 0.25) is 0 Å². The third-order valence-corrected chi connectivity index (χ3v) is 4.93. The van der Waals surface area contributed by atoms with Gasteiger partial charge < -0.3 is 5.32 Å². The molecule has 2 aliphatic heterocycles. The Labute approximate surface area is 134 Å². The second-order valence-electron chi connectivity index (χ2n) is 7.17. The van der Waals surface area contributed by atoms with Crippen molar-refractivity contribution >= 4 is 11.7 Å². The normalized spacial score (nSPS) is 25.4. The quantitative estimate of drug-likeness (QED) is 0.803. The maximum atomic E-state index is 12.2. The summed E-state index contributed by atoms with van der Waals surface area (Å²) in [6, 6.07) is 0.254.